The first kappa shape index (κ1) is 44.9. The molecule has 6 nitrogen and oxygen atoms in total. The highest BCUT2D eigenvalue weighted by Gasteiger charge is 2.27. The zero-order chi connectivity index (χ0) is 47.9. The van der Waals surface area contributed by atoms with Crippen LogP contribution in [0.4, 0.5) is 0 Å². The molecule has 7 aromatic carbocycles. The van der Waals surface area contributed by atoms with Crippen molar-refractivity contribution in [1.29, 1.82) is 0 Å². The van der Waals surface area contributed by atoms with E-state index in [-0.39, 0.29) is 76.7 Å². The number of carbonyl (C=O) groups excluding carboxylic acids is 1. The van der Waals surface area contributed by atoms with Crippen LogP contribution in [0.15, 0.2) is 114 Å². The second kappa shape index (κ2) is 17.3. The SMILES string of the molecule is [B]c1c([B])c([B])c(-c2c([B])c([B])c3c(c2[B])c2c([B])c([B])c([B])c([B])c2n3-c2ccc3c(c2)oc2cccc(-c4nc(-c5ccccc5)nc(-c5cccc(/C=C/C=C\C=O)c5)n4)c23)c([B])c1[B]. The molecule has 0 atom stereocenters. The van der Waals surface area contributed by atoms with Gasteiger partial charge < -0.3 is 8.98 Å². The molecule has 0 fully saturated rings. The van der Waals surface area contributed by atoms with Crippen molar-refractivity contribution >= 4 is 216 Å². The minimum absolute atomic E-state index is 0.00574. The fraction of sp³-hybridized carbons (Fsp3) is 0. The lowest BCUT2D eigenvalue weighted by atomic mass is 9.57. The maximum Gasteiger partial charge on any atom is 0.164 e. The Morgan fingerprint density at radius 1 is 0.441 bits per heavy atom. The molecule has 0 bridgehead atoms. The van der Waals surface area contributed by atoms with Gasteiger partial charge in [-0.25, -0.2) is 15.0 Å². The highest BCUT2D eigenvalue weighted by atomic mass is 16.3. The van der Waals surface area contributed by atoms with Gasteiger partial charge in [-0.2, -0.15) is 0 Å². The van der Waals surface area contributed by atoms with Gasteiger partial charge in [0.05, 0.1) is 0 Å². The molecule has 0 saturated heterocycles. The van der Waals surface area contributed by atoms with Crippen LogP contribution in [0.1, 0.15) is 5.56 Å². The molecule has 0 N–H and O–H groups in total. The summed E-state index contributed by atoms with van der Waals surface area (Å²) in [7, 11) is 79.5. The van der Waals surface area contributed by atoms with Gasteiger partial charge in [-0.15, -0.1) is 27.3 Å². The van der Waals surface area contributed by atoms with Crippen LogP contribution in [0.2, 0.25) is 0 Å². The molecule has 24 radical (unpaired) electrons. The van der Waals surface area contributed by atoms with Gasteiger partial charge >= 0.3 is 0 Å². The highest BCUT2D eigenvalue weighted by Crippen LogP contribution is 2.38. The summed E-state index contributed by atoms with van der Waals surface area (Å²) < 4.78 is 8.39. The number of hydrogen-bond acceptors (Lipinski definition) is 5. The molecule has 0 aliphatic heterocycles. The van der Waals surface area contributed by atoms with Gasteiger partial charge in [-0.05, 0) is 52.4 Å². The number of furan rings is 1. The molecule has 18 heteroatoms. The first-order chi connectivity index (χ1) is 32.7. The van der Waals surface area contributed by atoms with Crippen molar-refractivity contribution < 1.29 is 9.21 Å². The average Bonchev–Trinajstić information content (AvgIpc) is 3.92. The van der Waals surface area contributed by atoms with Crippen LogP contribution >= 0.6 is 0 Å². The largest absolute Gasteiger partial charge is 0.456 e. The summed E-state index contributed by atoms with van der Waals surface area (Å²) in [5, 5.41) is 2.16. The van der Waals surface area contributed by atoms with Crippen LogP contribution in [-0.4, -0.2) is 120 Å². The number of fused-ring (bicyclic) bond motifs is 6. The molecule has 288 valence electrons. The molecule has 0 amide bonds. The average molecular weight is 838 g/mol. The summed E-state index contributed by atoms with van der Waals surface area (Å²) >= 11 is 0. The minimum atomic E-state index is -0.0117. The predicted molar refractivity (Wildman–Crippen MR) is 292 cm³/mol. The van der Waals surface area contributed by atoms with Crippen molar-refractivity contribution in [3.63, 3.8) is 0 Å². The number of aldehydes is 1. The van der Waals surface area contributed by atoms with Gasteiger partial charge in [0.25, 0.3) is 0 Å². The molecule has 3 aromatic heterocycles. The van der Waals surface area contributed by atoms with Crippen LogP contribution in [-0.2, 0) is 4.79 Å². The highest BCUT2D eigenvalue weighted by molar-refractivity contribution is 6.72. The van der Waals surface area contributed by atoms with Gasteiger partial charge in [0.1, 0.15) is 112 Å². The van der Waals surface area contributed by atoms with E-state index in [0.717, 1.165) is 33.7 Å². The van der Waals surface area contributed by atoms with E-state index in [2.05, 4.69) is 0 Å². The van der Waals surface area contributed by atoms with E-state index in [1.54, 1.807) is 16.7 Å². The van der Waals surface area contributed by atoms with E-state index in [1.807, 2.05) is 97.1 Å². The van der Waals surface area contributed by atoms with Crippen LogP contribution in [0.25, 0.3) is 101 Å². The number of rotatable bonds is 8. The van der Waals surface area contributed by atoms with Gasteiger partial charge in [-0.3, -0.25) is 4.79 Å². The fourth-order valence-corrected chi connectivity index (χ4v) is 8.88. The third-order valence-corrected chi connectivity index (χ3v) is 12.2. The van der Waals surface area contributed by atoms with Crippen LogP contribution in [0.3, 0.4) is 0 Å². The maximum atomic E-state index is 10.8. The van der Waals surface area contributed by atoms with Crippen molar-refractivity contribution in [1.82, 2.24) is 19.5 Å². The van der Waals surface area contributed by atoms with Crippen LogP contribution < -0.4 is 65.6 Å². The molecular weight excluding hydrogens is 818 g/mol. The van der Waals surface area contributed by atoms with Gasteiger partial charge in [0, 0.05) is 55.6 Å². The number of allylic oxidation sites excluding steroid dienone is 3. The number of carbonyl (C=O) groups is 1. The van der Waals surface area contributed by atoms with Crippen molar-refractivity contribution in [3.05, 3.63) is 115 Å². The van der Waals surface area contributed by atoms with Gasteiger partial charge in [-0.1, -0.05) is 117 Å². The Labute approximate surface area is 408 Å². The first-order valence-electron chi connectivity index (χ1n) is 21.0. The Kier molecular flexibility index (Phi) is 11.4. The summed E-state index contributed by atoms with van der Waals surface area (Å²) in [5.74, 6) is 1.35. The van der Waals surface area contributed by atoms with E-state index in [1.165, 1.54) is 6.08 Å². The van der Waals surface area contributed by atoms with Gasteiger partial charge in [0.15, 0.2) is 17.5 Å². The maximum absolute atomic E-state index is 10.8. The summed E-state index contributed by atoms with van der Waals surface area (Å²) in [6.07, 6.45) is 7.48. The molecule has 0 unspecified atom stereocenters. The number of aromatic nitrogens is 4. The van der Waals surface area contributed by atoms with E-state index >= 15 is 0 Å². The molecule has 0 aliphatic carbocycles. The molecule has 0 aliphatic rings. The molecule has 0 saturated carbocycles. The van der Waals surface area contributed by atoms with E-state index in [9.17, 15) is 4.79 Å². The van der Waals surface area contributed by atoms with Crippen LogP contribution in [0, 0.1) is 0 Å². The van der Waals surface area contributed by atoms with E-state index < -0.39 is 0 Å². The second-order valence-electron chi connectivity index (χ2n) is 16.1. The Bertz CT molecular complexity index is 3840. The number of nitrogens with zero attached hydrogens (tertiary/aromatic N) is 4. The third-order valence-electron chi connectivity index (χ3n) is 12.2. The quantitative estimate of drug-likeness (QED) is 0.0756. The van der Waals surface area contributed by atoms with Crippen LogP contribution in [0.5, 0.6) is 0 Å². The normalized spacial score (nSPS) is 11.9. The summed E-state index contributed by atoms with van der Waals surface area (Å²) in [6.45, 7) is 0. The summed E-state index contributed by atoms with van der Waals surface area (Å²) in [4.78, 5) is 25.8. The third kappa shape index (κ3) is 7.05. The molecule has 3 heterocycles. The second-order valence-corrected chi connectivity index (χ2v) is 16.1. The van der Waals surface area contributed by atoms with Gasteiger partial charge in [0.2, 0.25) is 0 Å². The summed E-state index contributed by atoms with van der Waals surface area (Å²) in [6, 6.07) is 28.7. The molecule has 0 spiro atoms. The van der Waals surface area contributed by atoms with Crippen molar-refractivity contribution in [2.75, 3.05) is 0 Å². The molecular formula is C50H20B12N4O2. The molecule has 10 rings (SSSR count). The lowest BCUT2D eigenvalue weighted by Gasteiger charge is -2.26. The monoisotopic (exact) mass is 840 g/mol. The van der Waals surface area contributed by atoms with E-state index in [4.69, 9.17) is 114 Å². The minimum Gasteiger partial charge on any atom is -0.456 e. The lowest BCUT2D eigenvalue weighted by molar-refractivity contribution is -0.104. The predicted octanol–water partition coefficient (Wildman–Crippen LogP) is -2.17. The van der Waals surface area contributed by atoms with Crippen molar-refractivity contribution in [3.8, 4) is 51.0 Å². The standard InChI is InChI=1S/C50H20B12N4O2/c51-34-30(31-35(52)39(56)42(59)40(57)36(31)53)37(54)44(61)46-32(34)33-38(55)41(58)43(60)45(62)47(33)66(46)24-16-17-25-28(20-24)68-27-15-8-14-26(29(25)27)50-64-48(22-11-4-1-5-12-22)63-49(65-50)23-13-7-10-21(19-23)9-3-2-6-18-67/h1-20H/b6-2-,9-3+. The summed E-state index contributed by atoms with van der Waals surface area (Å²) in [5.41, 5.74) is 6.07. The molecule has 10 aromatic rings. The topological polar surface area (TPSA) is 73.8 Å². The lowest BCUT2D eigenvalue weighted by Crippen LogP contribution is -2.56. The Morgan fingerprint density at radius 2 is 1.00 bits per heavy atom. The molecule has 68 heavy (non-hydrogen) atoms. The first-order valence-corrected chi connectivity index (χ1v) is 21.0. The van der Waals surface area contributed by atoms with E-state index in [0.29, 0.717) is 61.7 Å². The smallest absolute Gasteiger partial charge is 0.164 e. The van der Waals surface area contributed by atoms with Crippen molar-refractivity contribution in [2.24, 2.45) is 0 Å². The fourth-order valence-electron chi connectivity index (χ4n) is 8.88. The Morgan fingerprint density at radius 3 is 1.71 bits per heavy atom. The Hall–Kier alpha value is -6.92. The number of benzene rings is 7. The zero-order valence-corrected chi connectivity index (χ0v) is 36.1. The zero-order valence-electron chi connectivity index (χ0n) is 36.1. The van der Waals surface area contributed by atoms with Crippen molar-refractivity contribution in [2.45, 2.75) is 0 Å². The Balaban J connectivity index is 1.21. The number of hydrogen-bond donors (Lipinski definition) is 0.